The van der Waals surface area contributed by atoms with E-state index >= 15 is 0 Å². The number of pyridine rings is 2. The third-order valence-corrected chi connectivity index (χ3v) is 5.78. The van der Waals surface area contributed by atoms with Crippen LogP contribution < -0.4 is 16.2 Å². The van der Waals surface area contributed by atoms with Gasteiger partial charge in [0.05, 0.1) is 12.2 Å². The van der Waals surface area contributed by atoms with Gasteiger partial charge in [-0.3, -0.25) is 14.0 Å². The van der Waals surface area contributed by atoms with Gasteiger partial charge in [0.2, 0.25) is 0 Å². The molecular formula is C23H24N6O2. The number of nitrogens with one attached hydrogen (secondary N) is 2. The maximum absolute atomic E-state index is 12.5. The van der Waals surface area contributed by atoms with Crippen LogP contribution in [-0.4, -0.2) is 31.2 Å². The van der Waals surface area contributed by atoms with Gasteiger partial charge in [-0.25, -0.2) is 9.97 Å². The van der Waals surface area contributed by atoms with E-state index in [4.69, 9.17) is 0 Å². The minimum atomic E-state index is -0.401. The van der Waals surface area contributed by atoms with Gasteiger partial charge in [-0.2, -0.15) is 0 Å². The average Bonchev–Trinajstić information content (AvgIpc) is 3.16. The molecule has 158 valence electrons. The van der Waals surface area contributed by atoms with Crippen LogP contribution in [0.15, 0.2) is 59.8 Å². The summed E-state index contributed by atoms with van der Waals surface area (Å²) in [6.07, 6.45) is 9.64. The van der Waals surface area contributed by atoms with Gasteiger partial charge in [-0.1, -0.05) is 18.6 Å². The lowest BCUT2D eigenvalue weighted by Gasteiger charge is -2.25. The Morgan fingerprint density at radius 1 is 1.06 bits per heavy atom. The summed E-state index contributed by atoms with van der Waals surface area (Å²) in [6.45, 7) is 2.16. The van der Waals surface area contributed by atoms with E-state index in [9.17, 15) is 9.59 Å². The van der Waals surface area contributed by atoms with Gasteiger partial charge in [-0.05, 0) is 49.1 Å². The van der Waals surface area contributed by atoms with E-state index < -0.39 is 5.91 Å². The van der Waals surface area contributed by atoms with Gasteiger partial charge < -0.3 is 15.0 Å². The molecule has 1 fully saturated rings. The van der Waals surface area contributed by atoms with Crippen molar-refractivity contribution in [2.75, 3.05) is 6.54 Å². The fourth-order valence-corrected chi connectivity index (χ4v) is 3.83. The smallest absolute Gasteiger partial charge is 0.270 e. The van der Waals surface area contributed by atoms with Gasteiger partial charge in [0.25, 0.3) is 11.5 Å². The predicted molar refractivity (Wildman–Crippen MR) is 117 cm³/mol. The summed E-state index contributed by atoms with van der Waals surface area (Å²) in [6, 6.07) is 10.5. The molecule has 0 bridgehead atoms. The molecule has 1 saturated carbocycles. The summed E-state index contributed by atoms with van der Waals surface area (Å²) in [7, 11) is 0. The van der Waals surface area contributed by atoms with Crippen molar-refractivity contribution in [3.8, 4) is 0 Å². The van der Waals surface area contributed by atoms with Crippen LogP contribution in [0.4, 0.5) is 0 Å². The number of rotatable bonds is 7. The van der Waals surface area contributed by atoms with Crippen LogP contribution in [-0.2, 0) is 13.1 Å². The van der Waals surface area contributed by atoms with E-state index in [0.717, 1.165) is 30.3 Å². The van der Waals surface area contributed by atoms with Crippen molar-refractivity contribution in [1.29, 1.82) is 0 Å². The Bertz CT molecular complexity index is 1300. The van der Waals surface area contributed by atoms with Gasteiger partial charge in [-0.15, -0.1) is 0 Å². The molecule has 4 heterocycles. The monoisotopic (exact) mass is 416 g/mol. The van der Waals surface area contributed by atoms with Crippen LogP contribution >= 0.6 is 0 Å². The Morgan fingerprint density at radius 2 is 1.97 bits per heavy atom. The van der Waals surface area contributed by atoms with E-state index in [0.29, 0.717) is 5.65 Å². The first kappa shape index (κ1) is 19.4. The average molecular weight is 416 g/mol. The van der Waals surface area contributed by atoms with Crippen molar-refractivity contribution in [2.24, 2.45) is 5.92 Å². The Hall–Kier alpha value is -3.52. The molecule has 1 aliphatic rings. The summed E-state index contributed by atoms with van der Waals surface area (Å²) in [5.41, 5.74) is 3.01. The standard InChI is InChI=1S/C23H24N6O2/c30-22-10-19(27-21-6-1-2-9-29(21)22)23(31)25-13-18-15-28-14-17(7-8-20(28)26-18)12-24-11-16-4-3-5-16/h1-2,6-10,14-16,24H,3-5,11-13H2,(H,25,31). The number of imidazole rings is 1. The molecule has 5 rings (SSSR count). The van der Waals surface area contributed by atoms with Gasteiger partial charge in [0.1, 0.15) is 17.0 Å². The maximum atomic E-state index is 12.5. The molecule has 0 aromatic carbocycles. The molecule has 1 amide bonds. The maximum Gasteiger partial charge on any atom is 0.270 e. The normalized spacial score (nSPS) is 14.1. The Labute approximate surface area is 179 Å². The molecule has 0 radical (unpaired) electrons. The SMILES string of the molecule is O=C(NCc1cn2cc(CNCC3CCC3)ccc2n1)c1cc(=O)n2ccccc2n1. The Morgan fingerprint density at radius 3 is 2.81 bits per heavy atom. The van der Waals surface area contributed by atoms with E-state index in [1.165, 1.54) is 35.3 Å². The number of carbonyl (C=O) groups is 1. The molecule has 0 aliphatic heterocycles. The molecule has 1 aliphatic carbocycles. The second-order valence-corrected chi connectivity index (χ2v) is 8.05. The predicted octanol–water partition coefficient (Wildman–Crippen LogP) is 2.16. The minimum Gasteiger partial charge on any atom is -0.345 e. The van der Waals surface area contributed by atoms with Crippen molar-refractivity contribution < 1.29 is 4.79 Å². The first-order valence-electron chi connectivity index (χ1n) is 10.6. The number of carbonyl (C=O) groups excluding carboxylic acids is 1. The Kier molecular flexibility index (Phi) is 5.21. The summed E-state index contributed by atoms with van der Waals surface area (Å²) >= 11 is 0. The molecule has 8 heteroatoms. The molecule has 31 heavy (non-hydrogen) atoms. The van der Waals surface area contributed by atoms with Crippen LogP contribution in [0.25, 0.3) is 11.3 Å². The summed E-state index contributed by atoms with van der Waals surface area (Å²) in [5.74, 6) is 0.432. The molecule has 2 N–H and O–H groups in total. The molecular weight excluding hydrogens is 392 g/mol. The number of hydrogen-bond acceptors (Lipinski definition) is 5. The Balaban J connectivity index is 1.24. The zero-order valence-electron chi connectivity index (χ0n) is 17.1. The molecule has 8 nitrogen and oxygen atoms in total. The van der Waals surface area contributed by atoms with Crippen molar-refractivity contribution in [3.63, 3.8) is 0 Å². The van der Waals surface area contributed by atoms with E-state index in [1.54, 1.807) is 24.4 Å². The van der Waals surface area contributed by atoms with Gasteiger partial charge in [0, 0.05) is 31.2 Å². The zero-order chi connectivity index (χ0) is 21.2. The fourth-order valence-electron chi connectivity index (χ4n) is 3.83. The number of amides is 1. The van der Waals surface area contributed by atoms with Crippen LogP contribution in [0.3, 0.4) is 0 Å². The number of nitrogens with zero attached hydrogens (tertiary/aromatic N) is 4. The number of fused-ring (bicyclic) bond motifs is 2. The topological polar surface area (TPSA) is 92.8 Å². The van der Waals surface area contributed by atoms with Crippen LogP contribution in [0, 0.1) is 5.92 Å². The van der Waals surface area contributed by atoms with Crippen LogP contribution in [0.2, 0.25) is 0 Å². The molecule has 0 unspecified atom stereocenters. The fraction of sp³-hybridized carbons (Fsp3) is 0.304. The summed E-state index contributed by atoms with van der Waals surface area (Å²) in [5, 5.41) is 6.33. The minimum absolute atomic E-state index is 0.0970. The van der Waals surface area contributed by atoms with Gasteiger partial charge in [0.15, 0.2) is 0 Å². The lowest BCUT2D eigenvalue weighted by molar-refractivity contribution is 0.0945. The van der Waals surface area contributed by atoms with Gasteiger partial charge >= 0.3 is 0 Å². The highest BCUT2D eigenvalue weighted by Gasteiger charge is 2.16. The summed E-state index contributed by atoms with van der Waals surface area (Å²) in [4.78, 5) is 33.5. The van der Waals surface area contributed by atoms with Crippen molar-refractivity contribution in [2.45, 2.75) is 32.4 Å². The highest BCUT2D eigenvalue weighted by Crippen LogP contribution is 2.25. The highest BCUT2D eigenvalue weighted by molar-refractivity contribution is 5.92. The highest BCUT2D eigenvalue weighted by atomic mass is 16.2. The van der Waals surface area contributed by atoms with Crippen molar-refractivity contribution in [3.05, 3.63) is 82.3 Å². The molecule has 4 aromatic rings. The lowest BCUT2D eigenvalue weighted by Crippen LogP contribution is -2.27. The van der Waals surface area contributed by atoms with E-state index in [2.05, 4.69) is 32.9 Å². The zero-order valence-corrected chi connectivity index (χ0v) is 17.1. The lowest BCUT2D eigenvalue weighted by atomic mass is 9.85. The molecule has 0 atom stereocenters. The number of aromatic nitrogens is 4. The largest absolute Gasteiger partial charge is 0.345 e. The molecule has 0 spiro atoms. The van der Waals surface area contributed by atoms with Crippen LogP contribution in [0.1, 0.15) is 41.0 Å². The molecule has 4 aromatic heterocycles. The second kappa shape index (κ2) is 8.31. The van der Waals surface area contributed by atoms with E-state index in [1.807, 2.05) is 16.7 Å². The second-order valence-electron chi connectivity index (χ2n) is 8.05. The molecule has 0 saturated heterocycles. The third-order valence-electron chi connectivity index (χ3n) is 5.78. The van der Waals surface area contributed by atoms with Crippen LogP contribution in [0.5, 0.6) is 0 Å². The first-order valence-corrected chi connectivity index (χ1v) is 10.6. The summed E-state index contributed by atoms with van der Waals surface area (Å²) < 4.78 is 3.38. The third kappa shape index (κ3) is 4.20. The van der Waals surface area contributed by atoms with Crippen molar-refractivity contribution in [1.82, 2.24) is 29.4 Å². The number of hydrogen-bond donors (Lipinski definition) is 2. The first-order chi connectivity index (χ1) is 15.2. The van der Waals surface area contributed by atoms with Crippen molar-refractivity contribution >= 4 is 17.2 Å². The quantitative estimate of drug-likeness (QED) is 0.482. The van der Waals surface area contributed by atoms with E-state index in [-0.39, 0.29) is 17.8 Å².